The SMILES string of the molecule is Cc1ccc(C(=O)CCC(=O)NC(C)c2ccc3c(c2)CCCC3)cc1C. The number of rotatable bonds is 6. The van der Waals surface area contributed by atoms with Crippen molar-refractivity contribution in [2.75, 3.05) is 0 Å². The predicted molar refractivity (Wildman–Crippen MR) is 109 cm³/mol. The molecule has 1 N–H and O–H groups in total. The number of aryl methyl sites for hydroxylation is 4. The molecule has 1 atom stereocenters. The number of fused-ring (bicyclic) bond motifs is 1. The summed E-state index contributed by atoms with van der Waals surface area (Å²) in [6.07, 6.45) is 5.28. The van der Waals surface area contributed by atoms with Crippen LogP contribution >= 0.6 is 0 Å². The molecule has 2 aromatic rings. The van der Waals surface area contributed by atoms with E-state index in [9.17, 15) is 9.59 Å². The van der Waals surface area contributed by atoms with Crippen LogP contribution < -0.4 is 5.32 Å². The number of ketones is 1. The Bertz CT molecular complexity index is 853. The Kier molecular flexibility index (Phi) is 6.10. The minimum absolute atomic E-state index is 0.0229. The van der Waals surface area contributed by atoms with Gasteiger partial charge in [-0.15, -0.1) is 0 Å². The van der Waals surface area contributed by atoms with Crippen LogP contribution in [0, 0.1) is 13.8 Å². The molecule has 1 amide bonds. The van der Waals surface area contributed by atoms with Crippen LogP contribution in [-0.4, -0.2) is 11.7 Å². The Morgan fingerprint density at radius 1 is 0.926 bits per heavy atom. The topological polar surface area (TPSA) is 46.2 Å². The highest BCUT2D eigenvalue weighted by Gasteiger charge is 2.15. The summed E-state index contributed by atoms with van der Waals surface area (Å²) >= 11 is 0. The van der Waals surface area contributed by atoms with Gasteiger partial charge >= 0.3 is 0 Å². The third kappa shape index (κ3) is 4.85. The van der Waals surface area contributed by atoms with Gasteiger partial charge in [0.15, 0.2) is 5.78 Å². The summed E-state index contributed by atoms with van der Waals surface area (Å²) in [6, 6.07) is 12.2. The second kappa shape index (κ2) is 8.51. The molecule has 0 saturated heterocycles. The number of nitrogens with one attached hydrogen (secondary N) is 1. The van der Waals surface area contributed by atoms with Crippen LogP contribution in [0.2, 0.25) is 0 Å². The first-order valence-corrected chi connectivity index (χ1v) is 9.95. The summed E-state index contributed by atoms with van der Waals surface area (Å²) < 4.78 is 0. The van der Waals surface area contributed by atoms with Gasteiger partial charge < -0.3 is 5.32 Å². The molecule has 3 rings (SSSR count). The number of benzene rings is 2. The lowest BCUT2D eigenvalue weighted by Gasteiger charge is -2.20. The van der Waals surface area contributed by atoms with E-state index in [1.54, 1.807) is 0 Å². The van der Waals surface area contributed by atoms with Gasteiger partial charge in [0.1, 0.15) is 0 Å². The molecule has 0 radical (unpaired) electrons. The quantitative estimate of drug-likeness (QED) is 0.732. The van der Waals surface area contributed by atoms with Crippen molar-refractivity contribution in [3.05, 3.63) is 69.8 Å². The predicted octanol–water partition coefficient (Wildman–Crippen LogP) is 5.02. The van der Waals surface area contributed by atoms with Gasteiger partial charge in [-0.05, 0) is 80.3 Å². The second-order valence-electron chi connectivity index (χ2n) is 7.75. The lowest BCUT2D eigenvalue weighted by atomic mass is 9.89. The summed E-state index contributed by atoms with van der Waals surface area (Å²) in [5.74, 6) is -0.0490. The Morgan fingerprint density at radius 2 is 1.67 bits per heavy atom. The first-order chi connectivity index (χ1) is 12.9. The van der Waals surface area contributed by atoms with Crippen LogP contribution in [0.1, 0.15) is 76.8 Å². The van der Waals surface area contributed by atoms with Crippen molar-refractivity contribution in [2.24, 2.45) is 0 Å². The molecule has 0 bridgehead atoms. The molecule has 2 aromatic carbocycles. The number of Topliss-reactive ketones (excluding diaryl/α,β-unsaturated/α-hetero) is 1. The van der Waals surface area contributed by atoms with E-state index >= 15 is 0 Å². The first-order valence-electron chi connectivity index (χ1n) is 9.95. The van der Waals surface area contributed by atoms with Crippen molar-refractivity contribution >= 4 is 11.7 Å². The average Bonchev–Trinajstić information content (AvgIpc) is 2.67. The zero-order chi connectivity index (χ0) is 19.4. The largest absolute Gasteiger partial charge is 0.350 e. The summed E-state index contributed by atoms with van der Waals surface area (Å²) in [5.41, 5.74) is 6.97. The molecule has 0 aliphatic heterocycles. The van der Waals surface area contributed by atoms with E-state index < -0.39 is 0 Å². The number of hydrogen-bond acceptors (Lipinski definition) is 2. The molecule has 27 heavy (non-hydrogen) atoms. The maximum Gasteiger partial charge on any atom is 0.220 e. The lowest BCUT2D eigenvalue weighted by Crippen LogP contribution is -2.27. The molecule has 0 aromatic heterocycles. The van der Waals surface area contributed by atoms with Gasteiger partial charge in [0.2, 0.25) is 5.91 Å². The Labute approximate surface area is 162 Å². The van der Waals surface area contributed by atoms with E-state index in [1.165, 1.54) is 29.5 Å². The summed E-state index contributed by atoms with van der Waals surface area (Å²) in [6.45, 7) is 6.03. The fraction of sp³-hybridized carbons (Fsp3) is 0.417. The monoisotopic (exact) mass is 363 g/mol. The van der Waals surface area contributed by atoms with Crippen LogP contribution in [0.25, 0.3) is 0 Å². The molecule has 1 unspecified atom stereocenters. The highest BCUT2D eigenvalue weighted by Crippen LogP contribution is 2.25. The highest BCUT2D eigenvalue weighted by atomic mass is 16.2. The molecule has 3 heteroatoms. The minimum atomic E-state index is -0.0718. The van der Waals surface area contributed by atoms with Crippen LogP contribution in [0.5, 0.6) is 0 Å². The van der Waals surface area contributed by atoms with E-state index in [4.69, 9.17) is 0 Å². The Balaban J connectivity index is 1.54. The third-order valence-electron chi connectivity index (χ3n) is 5.66. The minimum Gasteiger partial charge on any atom is -0.350 e. The van der Waals surface area contributed by atoms with Crippen LogP contribution in [0.3, 0.4) is 0 Å². The standard InChI is InChI=1S/C24H29NO2/c1-16-8-9-22(14-17(16)2)23(26)12-13-24(27)25-18(3)20-11-10-19-6-4-5-7-21(19)15-20/h8-11,14-15,18H,4-7,12-13H2,1-3H3,(H,25,27). The van der Waals surface area contributed by atoms with Gasteiger partial charge in [0, 0.05) is 18.4 Å². The fourth-order valence-electron chi connectivity index (χ4n) is 3.71. The third-order valence-corrected chi connectivity index (χ3v) is 5.66. The molecule has 0 fully saturated rings. The molecule has 3 nitrogen and oxygen atoms in total. The van der Waals surface area contributed by atoms with Crippen LogP contribution in [0.4, 0.5) is 0 Å². The van der Waals surface area contributed by atoms with Crippen molar-refractivity contribution < 1.29 is 9.59 Å². The van der Waals surface area contributed by atoms with E-state index in [0.717, 1.165) is 24.0 Å². The summed E-state index contributed by atoms with van der Waals surface area (Å²) in [5, 5.41) is 3.04. The summed E-state index contributed by atoms with van der Waals surface area (Å²) in [4.78, 5) is 24.7. The maximum atomic E-state index is 12.3. The van der Waals surface area contributed by atoms with Crippen molar-refractivity contribution in [2.45, 2.75) is 65.3 Å². The molecule has 142 valence electrons. The average molecular weight is 364 g/mol. The normalized spacial score (nSPS) is 14.3. The zero-order valence-electron chi connectivity index (χ0n) is 16.6. The van der Waals surface area contributed by atoms with E-state index in [0.29, 0.717) is 5.56 Å². The number of carbonyl (C=O) groups is 2. The zero-order valence-corrected chi connectivity index (χ0v) is 16.6. The van der Waals surface area contributed by atoms with Gasteiger partial charge in [0.05, 0.1) is 6.04 Å². The number of carbonyl (C=O) groups excluding carboxylic acids is 2. The number of hydrogen-bond donors (Lipinski definition) is 1. The van der Waals surface area contributed by atoms with Gasteiger partial charge in [-0.1, -0.05) is 30.3 Å². The molecule has 0 spiro atoms. The molecule has 0 saturated carbocycles. The maximum absolute atomic E-state index is 12.3. The summed E-state index contributed by atoms with van der Waals surface area (Å²) in [7, 11) is 0. The van der Waals surface area contributed by atoms with Gasteiger partial charge in [-0.3, -0.25) is 9.59 Å². The van der Waals surface area contributed by atoms with Gasteiger partial charge in [0.25, 0.3) is 0 Å². The van der Waals surface area contributed by atoms with Crippen molar-refractivity contribution in [3.8, 4) is 0 Å². The van der Waals surface area contributed by atoms with E-state index in [1.807, 2.05) is 39.0 Å². The molecule has 1 aliphatic rings. The smallest absolute Gasteiger partial charge is 0.220 e. The lowest BCUT2D eigenvalue weighted by molar-refractivity contribution is -0.121. The van der Waals surface area contributed by atoms with Gasteiger partial charge in [-0.2, -0.15) is 0 Å². The van der Waals surface area contributed by atoms with Crippen LogP contribution in [-0.2, 0) is 17.6 Å². The number of amides is 1. The Morgan fingerprint density at radius 3 is 2.41 bits per heavy atom. The Hall–Kier alpha value is -2.42. The molecule has 0 heterocycles. The van der Waals surface area contributed by atoms with E-state index in [-0.39, 0.29) is 30.6 Å². The molecular formula is C24H29NO2. The molecule has 1 aliphatic carbocycles. The van der Waals surface area contributed by atoms with Crippen molar-refractivity contribution in [1.29, 1.82) is 0 Å². The van der Waals surface area contributed by atoms with E-state index in [2.05, 4.69) is 23.5 Å². The van der Waals surface area contributed by atoms with Gasteiger partial charge in [-0.25, -0.2) is 0 Å². The van der Waals surface area contributed by atoms with Crippen molar-refractivity contribution in [3.63, 3.8) is 0 Å². The van der Waals surface area contributed by atoms with Crippen molar-refractivity contribution in [1.82, 2.24) is 5.32 Å². The highest BCUT2D eigenvalue weighted by molar-refractivity contribution is 5.98. The first kappa shape index (κ1) is 19.3. The van der Waals surface area contributed by atoms with Crippen LogP contribution in [0.15, 0.2) is 36.4 Å². The second-order valence-corrected chi connectivity index (χ2v) is 7.75. The molecular weight excluding hydrogens is 334 g/mol. The fourth-order valence-corrected chi connectivity index (χ4v) is 3.71.